The van der Waals surface area contributed by atoms with Crippen molar-refractivity contribution in [3.05, 3.63) is 59.4 Å². The predicted octanol–water partition coefficient (Wildman–Crippen LogP) is 3.09. The van der Waals surface area contributed by atoms with Gasteiger partial charge in [0.1, 0.15) is 0 Å². The second kappa shape index (κ2) is 9.28. The number of nitrogens with two attached hydrogens (primary N) is 1. The van der Waals surface area contributed by atoms with Crippen molar-refractivity contribution in [2.75, 3.05) is 18.9 Å². The van der Waals surface area contributed by atoms with Gasteiger partial charge in [-0.1, -0.05) is 26.0 Å². The number of carbonyl (C=O) groups excluding carboxylic acids is 2. The first kappa shape index (κ1) is 20.6. The van der Waals surface area contributed by atoms with Gasteiger partial charge in [0.15, 0.2) is 0 Å². The van der Waals surface area contributed by atoms with Crippen LogP contribution in [0.4, 0.5) is 5.69 Å². The molecule has 6 nitrogen and oxygen atoms in total. The second-order valence-electron chi connectivity index (χ2n) is 7.11. The molecule has 144 valence electrons. The van der Waals surface area contributed by atoms with Crippen molar-refractivity contribution in [1.82, 2.24) is 9.88 Å². The van der Waals surface area contributed by atoms with Crippen molar-refractivity contribution >= 4 is 17.5 Å². The molecule has 27 heavy (non-hydrogen) atoms. The monoisotopic (exact) mass is 368 g/mol. The Bertz CT molecular complexity index is 790. The van der Waals surface area contributed by atoms with E-state index in [2.05, 4.69) is 24.1 Å². The third-order valence-electron chi connectivity index (χ3n) is 4.69. The quantitative estimate of drug-likeness (QED) is 0.786. The number of pyridine rings is 1. The molecule has 1 unspecified atom stereocenters. The topological polar surface area (TPSA) is 88.3 Å². The number of aromatic nitrogens is 1. The second-order valence-corrected chi connectivity index (χ2v) is 7.11. The molecule has 2 aromatic rings. The lowest BCUT2D eigenvalue weighted by molar-refractivity contribution is 0.0790. The highest BCUT2D eigenvalue weighted by atomic mass is 16.2. The molecule has 0 saturated heterocycles. The normalized spacial score (nSPS) is 11.9. The minimum absolute atomic E-state index is 0.0450. The van der Waals surface area contributed by atoms with E-state index in [1.54, 1.807) is 42.5 Å². The molecule has 0 aliphatic heterocycles. The minimum Gasteiger partial charge on any atom is -0.342 e. The molecule has 0 aliphatic rings. The molecule has 0 spiro atoms. The first-order valence-electron chi connectivity index (χ1n) is 9.13. The largest absolute Gasteiger partial charge is 0.342 e. The number of carbonyl (C=O) groups is 2. The van der Waals surface area contributed by atoms with Gasteiger partial charge in [0.25, 0.3) is 11.8 Å². The Kier molecular flexibility index (Phi) is 7.07. The first-order valence-corrected chi connectivity index (χ1v) is 9.13. The van der Waals surface area contributed by atoms with Crippen molar-refractivity contribution in [2.24, 2.45) is 11.7 Å². The molecule has 0 saturated carbocycles. The van der Waals surface area contributed by atoms with Crippen molar-refractivity contribution in [1.29, 1.82) is 0 Å². The average molecular weight is 368 g/mol. The Morgan fingerprint density at radius 3 is 2.48 bits per heavy atom. The minimum atomic E-state index is -0.273. The number of rotatable bonds is 7. The van der Waals surface area contributed by atoms with E-state index in [0.717, 1.165) is 12.0 Å². The summed E-state index contributed by atoms with van der Waals surface area (Å²) in [6.07, 6.45) is 3.85. The lowest BCUT2D eigenvalue weighted by atomic mass is 10.0. The highest BCUT2D eigenvalue weighted by molar-refractivity contribution is 6.09. The number of hydrogen-bond donors (Lipinski definition) is 2. The zero-order chi connectivity index (χ0) is 20.0. The lowest BCUT2D eigenvalue weighted by Crippen LogP contribution is -2.35. The van der Waals surface area contributed by atoms with Crippen LogP contribution in [0, 0.1) is 12.8 Å². The summed E-state index contributed by atoms with van der Waals surface area (Å²) < 4.78 is 0. The number of anilines is 1. The third kappa shape index (κ3) is 5.37. The molecule has 0 aliphatic carbocycles. The van der Waals surface area contributed by atoms with E-state index in [0.29, 0.717) is 29.3 Å². The molecule has 0 fully saturated rings. The van der Waals surface area contributed by atoms with Crippen LogP contribution in [-0.2, 0) is 0 Å². The molecule has 1 aromatic heterocycles. The summed E-state index contributed by atoms with van der Waals surface area (Å²) in [5.41, 5.74) is 8.41. The van der Waals surface area contributed by atoms with Crippen LogP contribution >= 0.6 is 0 Å². The van der Waals surface area contributed by atoms with Gasteiger partial charge in [-0.3, -0.25) is 14.6 Å². The van der Waals surface area contributed by atoms with Crippen molar-refractivity contribution in [2.45, 2.75) is 33.2 Å². The standard InChI is InChI=1S/C21H28N4O2/c1-14(2)18(22)10-13-25(4)21(27)17-7-5-6-15(3)19(17)24-20(26)16-8-11-23-12-9-16/h5-9,11-12,14,18H,10,13,22H2,1-4H3,(H,24,26). The zero-order valence-electron chi connectivity index (χ0n) is 16.4. The highest BCUT2D eigenvalue weighted by Gasteiger charge is 2.20. The SMILES string of the molecule is Cc1cccc(C(=O)N(C)CCC(N)C(C)C)c1NC(=O)c1ccncc1. The number of para-hydroxylation sites is 1. The van der Waals surface area contributed by atoms with Gasteiger partial charge in [-0.05, 0) is 43.0 Å². The average Bonchev–Trinajstić information content (AvgIpc) is 2.67. The zero-order valence-corrected chi connectivity index (χ0v) is 16.4. The van der Waals surface area contributed by atoms with Crippen LogP contribution in [0.1, 0.15) is 46.5 Å². The molecule has 1 aromatic carbocycles. The Morgan fingerprint density at radius 1 is 1.19 bits per heavy atom. The fourth-order valence-electron chi connectivity index (χ4n) is 2.68. The lowest BCUT2D eigenvalue weighted by Gasteiger charge is -2.23. The van der Waals surface area contributed by atoms with Crippen LogP contribution in [-0.4, -0.2) is 41.3 Å². The van der Waals surface area contributed by atoms with Gasteiger partial charge >= 0.3 is 0 Å². The summed E-state index contributed by atoms with van der Waals surface area (Å²) in [5, 5.41) is 2.88. The summed E-state index contributed by atoms with van der Waals surface area (Å²) in [6, 6.07) is 8.73. The van der Waals surface area contributed by atoms with E-state index in [1.807, 2.05) is 19.1 Å². The van der Waals surface area contributed by atoms with Crippen LogP contribution in [0.2, 0.25) is 0 Å². The first-order chi connectivity index (χ1) is 12.8. The van der Waals surface area contributed by atoms with Crippen molar-refractivity contribution < 1.29 is 9.59 Å². The summed E-state index contributed by atoms with van der Waals surface area (Å²) in [5.74, 6) is -0.0485. The van der Waals surface area contributed by atoms with Gasteiger partial charge in [-0.15, -0.1) is 0 Å². The van der Waals surface area contributed by atoms with Gasteiger partial charge in [0.2, 0.25) is 0 Å². The number of aryl methyl sites for hydroxylation is 1. The third-order valence-corrected chi connectivity index (χ3v) is 4.69. The van der Waals surface area contributed by atoms with Gasteiger partial charge in [-0.2, -0.15) is 0 Å². The number of benzene rings is 1. The Labute approximate surface area is 160 Å². The molecule has 0 bridgehead atoms. The fourth-order valence-corrected chi connectivity index (χ4v) is 2.68. The van der Waals surface area contributed by atoms with Crippen molar-refractivity contribution in [3.8, 4) is 0 Å². The van der Waals surface area contributed by atoms with E-state index in [9.17, 15) is 9.59 Å². The van der Waals surface area contributed by atoms with Gasteiger partial charge in [0.05, 0.1) is 11.3 Å². The summed E-state index contributed by atoms with van der Waals surface area (Å²) in [6.45, 7) is 6.57. The van der Waals surface area contributed by atoms with E-state index in [1.165, 1.54) is 0 Å². The Morgan fingerprint density at radius 2 is 1.85 bits per heavy atom. The number of amides is 2. The molecular formula is C21H28N4O2. The predicted molar refractivity (Wildman–Crippen MR) is 108 cm³/mol. The molecule has 1 atom stereocenters. The maximum Gasteiger partial charge on any atom is 0.255 e. The van der Waals surface area contributed by atoms with Gasteiger partial charge < -0.3 is 16.0 Å². The van der Waals surface area contributed by atoms with E-state index < -0.39 is 0 Å². The Hall–Kier alpha value is -2.73. The molecule has 6 heteroatoms. The van der Waals surface area contributed by atoms with Gasteiger partial charge in [0, 0.05) is 37.6 Å². The molecule has 2 amide bonds. The van der Waals surface area contributed by atoms with E-state index in [4.69, 9.17) is 5.73 Å². The summed E-state index contributed by atoms with van der Waals surface area (Å²) >= 11 is 0. The summed E-state index contributed by atoms with van der Waals surface area (Å²) in [4.78, 5) is 31.0. The van der Waals surface area contributed by atoms with E-state index >= 15 is 0 Å². The maximum absolute atomic E-state index is 12.9. The molecule has 2 rings (SSSR count). The van der Waals surface area contributed by atoms with Crippen LogP contribution in [0.5, 0.6) is 0 Å². The number of hydrogen-bond acceptors (Lipinski definition) is 4. The highest BCUT2D eigenvalue weighted by Crippen LogP contribution is 2.23. The number of nitrogens with zero attached hydrogens (tertiary/aromatic N) is 2. The fraction of sp³-hybridized carbons (Fsp3) is 0.381. The maximum atomic E-state index is 12.9. The summed E-state index contributed by atoms with van der Waals surface area (Å²) in [7, 11) is 1.76. The van der Waals surface area contributed by atoms with Crippen molar-refractivity contribution in [3.63, 3.8) is 0 Å². The van der Waals surface area contributed by atoms with Gasteiger partial charge in [-0.25, -0.2) is 0 Å². The molecular weight excluding hydrogens is 340 g/mol. The van der Waals surface area contributed by atoms with Crippen LogP contribution in [0.25, 0.3) is 0 Å². The molecule has 1 heterocycles. The number of nitrogens with one attached hydrogen (secondary N) is 1. The smallest absolute Gasteiger partial charge is 0.255 e. The molecule has 3 N–H and O–H groups in total. The van der Waals surface area contributed by atoms with E-state index in [-0.39, 0.29) is 17.9 Å². The molecule has 0 radical (unpaired) electrons. The van der Waals surface area contributed by atoms with Crippen LogP contribution in [0.15, 0.2) is 42.7 Å². The van der Waals surface area contributed by atoms with Crippen LogP contribution in [0.3, 0.4) is 0 Å². The Balaban J connectivity index is 2.18. The van der Waals surface area contributed by atoms with Crippen LogP contribution < -0.4 is 11.1 Å².